The van der Waals surface area contributed by atoms with Crippen molar-refractivity contribution in [1.29, 1.82) is 0 Å². The first kappa shape index (κ1) is 23.7. The third-order valence-electron chi connectivity index (χ3n) is 7.75. The van der Waals surface area contributed by atoms with Gasteiger partial charge in [-0.1, -0.05) is 42.0 Å². The van der Waals surface area contributed by atoms with Crippen LogP contribution in [0.25, 0.3) is 0 Å². The van der Waals surface area contributed by atoms with Crippen molar-refractivity contribution in [1.82, 2.24) is 15.5 Å². The van der Waals surface area contributed by atoms with Crippen molar-refractivity contribution in [3.05, 3.63) is 82.6 Å². The number of aryl methyl sites for hydroxylation is 1. The molecule has 6 rings (SSSR count). The molecule has 5 nitrogen and oxygen atoms in total. The molecule has 2 N–H and O–H groups in total. The van der Waals surface area contributed by atoms with Crippen molar-refractivity contribution >= 4 is 11.8 Å². The van der Waals surface area contributed by atoms with Gasteiger partial charge in [-0.15, -0.1) is 0 Å². The van der Waals surface area contributed by atoms with Crippen LogP contribution in [0.15, 0.2) is 54.2 Å². The van der Waals surface area contributed by atoms with Gasteiger partial charge in [0, 0.05) is 24.7 Å². The Labute approximate surface area is 204 Å². The third-order valence-corrected chi connectivity index (χ3v) is 7.75. The number of halogens is 2. The van der Waals surface area contributed by atoms with E-state index in [0.717, 1.165) is 49.7 Å². The van der Waals surface area contributed by atoms with Crippen LogP contribution >= 0.6 is 0 Å². The highest BCUT2D eigenvalue weighted by Crippen LogP contribution is 2.49. The van der Waals surface area contributed by atoms with Gasteiger partial charge in [-0.3, -0.25) is 14.5 Å². The van der Waals surface area contributed by atoms with Gasteiger partial charge in [0.1, 0.15) is 6.04 Å². The van der Waals surface area contributed by atoms with E-state index in [0.29, 0.717) is 25.2 Å². The van der Waals surface area contributed by atoms with Gasteiger partial charge in [0.05, 0.1) is 5.41 Å². The second-order valence-corrected chi connectivity index (χ2v) is 10.2. The van der Waals surface area contributed by atoms with Crippen LogP contribution in [0.5, 0.6) is 0 Å². The maximum absolute atomic E-state index is 14.5. The standard InChI is InChI=1S/C28H31F2N3O2/c1-18-5-7-19(8-6-18)15-24(26(34)31-16-21-17-33-13-9-20(21)10-14-33)32-27(35)28(11-12-28)22-3-2-4-23(29)25(22)30/h2-8,16,20,24H,9-15,17H2,1H3,(H,31,34)(H,32,35)/b21-16+. The Hall–Kier alpha value is -3.06. The Bertz CT molecular complexity index is 1150. The van der Waals surface area contributed by atoms with E-state index in [1.165, 1.54) is 17.7 Å². The predicted octanol–water partition coefficient (Wildman–Crippen LogP) is 3.76. The van der Waals surface area contributed by atoms with Gasteiger partial charge in [0.2, 0.25) is 11.8 Å². The highest BCUT2D eigenvalue weighted by molar-refractivity contribution is 5.95. The van der Waals surface area contributed by atoms with Crippen LogP contribution in [-0.2, 0) is 21.4 Å². The number of carbonyl (C=O) groups excluding carboxylic acids is 2. The molecule has 35 heavy (non-hydrogen) atoms. The van der Waals surface area contributed by atoms with E-state index >= 15 is 0 Å². The number of amides is 2. The molecule has 0 aromatic heterocycles. The summed E-state index contributed by atoms with van der Waals surface area (Å²) in [6.07, 6.45) is 5.16. The molecule has 2 aromatic rings. The molecule has 1 saturated carbocycles. The molecule has 4 fully saturated rings. The van der Waals surface area contributed by atoms with Crippen molar-refractivity contribution in [2.24, 2.45) is 5.92 Å². The molecule has 3 aliphatic heterocycles. The summed E-state index contributed by atoms with van der Waals surface area (Å²) in [5.41, 5.74) is 2.15. The van der Waals surface area contributed by atoms with Gasteiger partial charge in [-0.05, 0) is 68.8 Å². The minimum Gasteiger partial charge on any atom is -0.343 e. The first-order valence-electron chi connectivity index (χ1n) is 12.4. The van der Waals surface area contributed by atoms with Gasteiger partial charge in [-0.2, -0.15) is 0 Å². The molecule has 0 radical (unpaired) electrons. The summed E-state index contributed by atoms with van der Waals surface area (Å²) in [4.78, 5) is 29.0. The monoisotopic (exact) mass is 479 g/mol. The van der Waals surface area contributed by atoms with Crippen molar-refractivity contribution in [3.63, 3.8) is 0 Å². The second kappa shape index (κ2) is 9.53. The number of rotatable bonds is 7. The molecule has 184 valence electrons. The van der Waals surface area contributed by atoms with Crippen LogP contribution in [0.2, 0.25) is 0 Å². The lowest BCUT2D eigenvalue weighted by molar-refractivity contribution is -0.129. The molecule has 2 amide bonds. The van der Waals surface area contributed by atoms with Crippen LogP contribution in [0, 0.1) is 24.5 Å². The van der Waals surface area contributed by atoms with Gasteiger partial charge >= 0.3 is 0 Å². The van der Waals surface area contributed by atoms with E-state index in [4.69, 9.17) is 0 Å². The van der Waals surface area contributed by atoms with E-state index in [1.54, 1.807) is 0 Å². The maximum Gasteiger partial charge on any atom is 0.246 e. The first-order chi connectivity index (χ1) is 16.9. The average molecular weight is 480 g/mol. The van der Waals surface area contributed by atoms with Crippen molar-refractivity contribution < 1.29 is 18.4 Å². The van der Waals surface area contributed by atoms with Crippen molar-refractivity contribution in [2.75, 3.05) is 19.6 Å². The summed E-state index contributed by atoms with van der Waals surface area (Å²) in [5.74, 6) is -2.22. The lowest BCUT2D eigenvalue weighted by atomic mass is 9.84. The summed E-state index contributed by atoms with van der Waals surface area (Å²) in [5, 5.41) is 5.80. The Balaban J connectivity index is 1.35. The topological polar surface area (TPSA) is 61.4 Å². The van der Waals surface area contributed by atoms with E-state index in [-0.39, 0.29) is 11.5 Å². The fraction of sp³-hybridized carbons (Fsp3) is 0.429. The number of piperidine rings is 3. The number of carbonyl (C=O) groups is 2. The number of fused-ring (bicyclic) bond motifs is 3. The number of hydrogen-bond acceptors (Lipinski definition) is 3. The summed E-state index contributed by atoms with van der Waals surface area (Å²) in [6, 6.07) is 10.9. The predicted molar refractivity (Wildman–Crippen MR) is 129 cm³/mol. The largest absolute Gasteiger partial charge is 0.343 e. The normalized spacial score (nSPS) is 24.1. The number of benzene rings is 2. The van der Waals surface area contributed by atoms with Crippen LogP contribution in [-0.4, -0.2) is 42.4 Å². The van der Waals surface area contributed by atoms with E-state index in [9.17, 15) is 18.4 Å². The average Bonchev–Trinajstić information content (AvgIpc) is 3.68. The zero-order valence-corrected chi connectivity index (χ0v) is 19.9. The molecule has 3 heterocycles. The highest BCUT2D eigenvalue weighted by Gasteiger charge is 2.53. The number of nitrogens with one attached hydrogen (secondary N) is 2. The fourth-order valence-corrected chi connectivity index (χ4v) is 5.36. The molecule has 2 bridgehead atoms. The molecular formula is C28H31F2N3O2. The lowest BCUT2D eigenvalue weighted by Gasteiger charge is -2.41. The van der Waals surface area contributed by atoms with E-state index in [1.807, 2.05) is 37.4 Å². The maximum atomic E-state index is 14.5. The molecule has 7 heteroatoms. The zero-order valence-electron chi connectivity index (χ0n) is 19.9. The fourth-order valence-electron chi connectivity index (χ4n) is 5.36. The molecule has 2 aromatic carbocycles. The molecule has 1 aliphatic carbocycles. The van der Waals surface area contributed by atoms with Crippen molar-refractivity contribution in [3.8, 4) is 0 Å². The quantitative estimate of drug-likeness (QED) is 0.636. The lowest BCUT2D eigenvalue weighted by Crippen LogP contribution is -2.50. The Morgan fingerprint density at radius 3 is 2.46 bits per heavy atom. The Morgan fingerprint density at radius 2 is 1.83 bits per heavy atom. The minimum absolute atomic E-state index is 0.0545. The number of hydrogen-bond donors (Lipinski definition) is 2. The van der Waals surface area contributed by atoms with E-state index < -0.39 is 29.0 Å². The summed E-state index contributed by atoms with van der Waals surface area (Å²) >= 11 is 0. The van der Waals surface area contributed by atoms with Gasteiger partial charge < -0.3 is 10.6 Å². The van der Waals surface area contributed by atoms with Crippen molar-refractivity contribution in [2.45, 2.75) is 50.5 Å². The van der Waals surface area contributed by atoms with Gasteiger partial charge in [-0.25, -0.2) is 8.78 Å². The smallest absolute Gasteiger partial charge is 0.246 e. The molecule has 4 aliphatic rings. The van der Waals surface area contributed by atoms with Crippen LogP contribution in [0.3, 0.4) is 0 Å². The molecular weight excluding hydrogens is 448 g/mol. The zero-order chi connectivity index (χ0) is 24.6. The Kier molecular flexibility index (Phi) is 6.45. The molecule has 3 saturated heterocycles. The summed E-state index contributed by atoms with van der Waals surface area (Å²) in [6.45, 7) is 5.05. The van der Waals surface area contributed by atoms with Crippen LogP contribution < -0.4 is 10.6 Å². The van der Waals surface area contributed by atoms with Gasteiger partial charge in [0.25, 0.3) is 0 Å². The highest BCUT2D eigenvalue weighted by atomic mass is 19.2. The minimum atomic E-state index is -1.13. The third kappa shape index (κ3) is 4.87. The number of nitrogens with zero attached hydrogens (tertiary/aromatic N) is 1. The molecule has 1 unspecified atom stereocenters. The first-order valence-corrected chi connectivity index (χ1v) is 12.4. The second-order valence-electron chi connectivity index (χ2n) is 10.2. The van der Waals surface area contributed by atoms with Crippen LogP contribution in [0.1, 0.15) is 42.4 Å². The summed E-state index contributed by atoms with van der Waals surface area (Å²) in [7, 11) is 0. The molecule has 0 spiro atoms. The van der Waals surface area contributed by atoms with E-state index in [2.05, 4.69) is 15.5 Å². The SMILES string of the molecule is Cc1ccc(CC(NC(=O)C2(c3cccc(F)c3F)CC2)C(=O)N/C=C2\CN3CCC2CC3)cc1. The van der Waals surface area contributed by atoms with Crippen LogP contribution in [0.4, 0.5) is 8.78 Å². The molecule has 1 atom stereocenters. The van der Waals surface area contributed by atoms with Gasteiger partial charge in [0.15, 0.2) is 11.6 Å². The Morgan fingerprint density at radius 1 is 1.11 bits per heavy atom. The summed E-state index contributed by atoms with van der Waals surface area (Å²) < 4.78 is 28.4.